The molecule has 4 nitrogen and oxygen atoms in total. The Hall–Kier alpha value is -2.01. The molecule has 3 rings (SSSR count). The summed E-state index contributed by atoms with van der Waals surface area (Å²) in [5, 5.41) is 3.18. The van der Waals surface area contributed by atoms with Gasteiger partial charge in [0.15, 0.2) is 0 Å². The molecule has 0 atom stereocenters. The van der Waals surface area contributed by atoms with Crippen LogP contribution >= 0.6 is 0 Å². The first kappa shape index (κ1) is 12.0. The Balaban J connectivity index is 1.96. The SMILES string of the molecule is O=c1c2c(ncn1Cc1cccc(F)c1)CNCC2. The predicted molar refractivity (Wildman–Crippen MR) is 69.4 cm³/mol. The van der Waals surface area contributed by atoms with Crippen LogP contribution in [0.4, 0.5) is 4.39 Å². The standard InChI is InChI=1S/C14H14FN3O/c15-11-3-1-2-10(6-11)8-18-9-17-13-7-16-5-4-12(13)14(18)19/h1-3,6,9,16H,4-5,7-8H2. The van der Waals surface area contributed by atoms with Crippen molar-refractivity contribution < 1.29 is 4.39 Å². The maximum Gasteiger partial charge on any atom is 0.257 e. The van der Waals surface area contributed by atoms with Crippen LogP contribution in [0.3, 0.4) is 0 Å². The molecule has 0 bridgehead atoms. The van der Waals surface area contributed by atoms with E-state index in [1.165, 1.54) is 12.1 Å². The van der Waals surface area contributed by atoms with Crippen LogP contribution in [-0.2, 0) is 19.5 Å². The van der Waals surface area contributed by atoms with Crippen molar-refractivity contribution in [3.8, 4) is 0 Å². The van der Waals surface area contributed by atoms with Crippen LogP contribution in [0.1, 0.15) is 16.8 Å². The first-order valence-electron chi connectivity index (χ1n) is 6.26. The fourth-order valence-corrected chi connectivity index (χ4v) is 2.33. The second kappa shape index (κ2) is 4.93. The fourth-order valence-electron chi connectivity index (χ4n) is 2.33. The van der Waals surface area contributed by atoms with Crippen LogP contribution in [0.5, 0.6) is 0 Å². The highest BCUT2D eigenvalue weighted by Gasteiger charge is 2.15. The molecule has 19 heavy (non-hydrogen) atoms. The van der Waals surface area contributed by atoms with Gasteiger partial charge in [0.1, 0.15) is 5.82 Å². The molecule has 1 N–H and O–H groups in total. The number of nitrogens with one attached hydrogen (secondary N) is 1. The summed E-state index contributed by atoms with van der Waals surface area (Å²) < 4.78 is 14.7. The molecule has 0 saturated heterocycles. The monoisotopic (exact) mass is 259 g/mol. The molecular formula is C14H14FN3O. The Morgan fingerprint density at radius 2 is 2.32 bits per heavy atom. The molecule has 5 heteroatoms. The summed E-state index contributed by atoms with van der Waals surface area (Å²) in [7, 11) is 0. The molecule has 0 radical (unpaired) electrons. The van der Waals surface area contributed by atoms with Crippen molar-refractivity contribution in [1.82, 2.24) is 14.9 Å². The van der Waals surface area contributed by atoms with Crippen molar-refractivity contribution in [2.45, 2.75) is 19.5 Å². The summed E-state index contributed by atoms with van der Waals surface area (Å²) in [6, 6.07) is 6.28. The largest absolute Gasteiger partial charge is 0.311 e. The Kier molecular flexibility index (Phi) is 3.13. The number of benzene rings is 1. The van der Waals surface area contributed by atoms with E-state index in [9.17, 15) is 9.18 Å². The van der Waals surface area contributed by atoms with Gasteiger partial charge in [-0.25, -0.2) is 9.37 Å². The van der Waals surface area contributed by atoms with Crippen LogP contribution in [0.2, 0.25) is 0 Å². The average Bonchev–Trinajstić information content (AvgIpc) is 2.42. The first-order valence-corrected chi connectivity index (χ1v) is 6.26. The number of fused-ring (bicyclic) bond motifs is 1. The molecule has 2 heterocycles. The highest BCUT2D eigenvalue weighted by molar-refractivity contribution is 5.21. The van der Waals surface area contributed by atoms with E-state index in [4.69, 9.17) is 0 Å². The zero-order chi connectivity index (χ0) is 13.2. The summed E-state index contributed by atoms with van der Waals surface area (Å²) in [5.74, 6) is -0.291. The minimum atomic E-state index is -0.291. The highest BCUT2D eigenvalue weighted by atomic mass is 19.1. The number of rotatable bonds is 2. The third-order valence-electron chi connectivity index (χ3n) is 3.31. The smallest absolute Gasteiger partial charge is 0.257 e. The van der Waals surface area contributed by atoms with Crippen LogP contribution in [0.15, 0.2) is 35.4 Å². The molecule has 1 aliphatic rings. The molecule has 0 spiro atoms. The number of aromatic nitrogens is 2. The zero-order valence-electron chi connectivity index (χ0n) is 10.4. The molecule has 1 aromatic carbocycles. The molecule has 0 unspecified atom stereocenters. The van der Waals surface area contributed by atoms with E-state index in [1.54, 1.807) is 23.0 Å². The van der Waals surface area contributed by atoms with Crippen LogP contribution in [-0.4, -0.2) is 16.1 Å². The van der Waals surface area contributed by atoms with Crippen molar-refractivity contribution in [1.29, 1.82) is 0 Å². The van der Waals surface area contributed by atoms with E-state index in [0.717, 1.165) is 23.4 Å². The van der Waals surface area contributed by atoms with Gasteiger partial charge in [0.2, 0.25) is 0 Å². The quantitative estimate of drug-likeness (QED) is 0.877. The Morgan fingerprint density at radius 1 is 1.42 bits per heavy atom. The topological polar surface area (TPSA) is 46.9 Å². The first-order chi connectivity index (χ1) is 9.24. The zero-order valence-corrected chi connectivity index (χ0v) is 10.4. The van der Waals surface area contributed by atoms with Crippen molar-refractivity contribution in [2.24, 2.45) is 0 Å². The third-order valence-corrected chi connectivity index (χ3v) is 3.31. The Morgan fingerprint density at radius 3 is 3.16 bits per heavy atom. The second-order valence-electron chi connectivity index (χ2n) is 4.66. The van der Waals surface area contributed by atoms with E-state index >= 15 is 0 Å². The lowest BCUT2D eigenvalue weighted by molar-refractivity contribution is 0.593. The maximum atomic E-state index is 13.1. The van der Waals surface area contributed by atoms with Gasteiger partial charge < -0.3 is 5.32 Å². The van der Waals surface area contributed by atoms with Gasteiger partial charge in [0.25, 0.3) is 5.56 Å². The fraction of sp³-hybridized carbons (Fsp3) is 0.286. The number of hydrogen-bond donors (Lipinski definition) is 1. The number of halogens is 1. The van der Waals surface area contributed by atoms with E-state index in [2.05, 4.69) is 10.3 Å². The molecule has 0 aliphatic carbocycles. The van der Waals surface area contributed by atoms with Crippen molar-refractivity contribution in [2.75, 3.05) is 6.54 Å². The minimum absolute atomic E-state index is 0.0178. The summed E-state index contributed by atoms with van der Waals surface area (Å²) in [5.41, 5.74) is 2.35. The van der Waals surface area contributed by atoms with Crippen molar-refractivity contribution in [3.05, 3.63) is 63.6 Å². The van der Waals surface area contributed by atoms with Crippen LogP contribution in [0.25, 0.3) is 0 Å². The van der Waals surface area contributed by atoms with Gasteiger partial charge in [-0.05, 0) is 30.7 Å². The van der Waals surface area contributed by atoms with Gasteiger partial charge in [-0.3, -0.25) is 9.36 Å². The third kappa shape index (κ3) is 2.42. The van der Waals surface area contributed by atoms with Crippen LogP contribution < -0.4 is 10.9 Å². The molecule has 0 amide bonds. The van der Waals surface area contributed by atoms with Gasteiger partial charge in [-0.2, -0.15) is 0 Å². The summed E-state index contributed by atoms with van der Waals surface area (Å²) in [6.45, 7) is 1.80. The lowest BCUT2D eigenvalue weighted by Crippen LogP contribution is -2.34. The normalized spacial score (nSPS) is 14.2. The van der Waals surface area contributed by atoms with E-state index < -0.39 is 0 Å². The lowest BCUT2D eigenvalue weighted by Gasteiger charge is -2.16. The molecule has 0 fully saturated rings. The van der Waals surface area contributed by atoms with E-state index in [-0.39, 0.29) is 11.4 Å². The van der Waals surface area contributed by atoms with Gasteiger partial charge in [-0.15, -0.1) is 0 Å². The second-order valence-corrected chi connectivity index (χ2v) is 4.66. The Bertz CT molecular complexity index is 666. The van der Waals surface area contributed by atoms with Gasteiger partial charge in [-0.1, -0.05) is 12.1 Å². The molecule has 1 aliphatic heterocycles. The summed E-state index contributed by atoms with van der Waals surface area (Å²) in [4.78, 5) is 16.6. The molecule has 2 aromatic rings. The van der Waals surface area contributed by atoms with E-state index in [1.807, 2.05) is 0 Å². The number of nitrogens with zero attached hydrogens (tertiary/aromatic N) is 2. The Labute approximate surface area is 109 Å². The van der Waals surface area contributed by atoms with Gasteiger partial charge in [0.05, 0.1) is 18.6 Å². The lowest BCUT2D eigenvalue weighted by atomic mass is 10.1. The predicted octanol–water partition coefficient (Wildman–Crippen LogP) is 1.08. The average molecular weight is 259 g/mol. The summed E-state index contributed by atoms with van der Waals surface area (Å²) >= 11 is 0. The summed E-state index contributed by atoms with van der Waals surface area (Å²) in [6.07, 6.45) is 2.24. The molecule has 1 aromatic heterocycles. The molecule has 0 saturated carbocycles. The van der Waals surface area contributed by atoms with Gasteiger partial charge >= 0.3 is 0 Å². The van der Waals surface area contributed by atoms with Crippen molar-refractivity contribution in [3.63, 3.8) is 0 Å². The minimum Gasteiger partial charge on any atom is -0.311 e. The van der Waals surface area contributed by atoms with Gasteiger partial charge in [0, 0.05) is 12.1 Å². The molecular weight excluding hydrogens is 245 g/mol. The number of hydrogen-bond acceptors (Lipinski definition) is 3. The maximum absolute atomic E-state index is 13.1. The van der Waals surface area contributed by atoms with E-state index in [0.29, 0.717) is 19.5 Å². The van der Waals surface area contributed by atoms with Crippen LogP contribution in [0, 0.1) is 5.82 Å². The highest BCUT2D eigenvalue weighted by Crippen LogP contribution is 2.08. The van der Waals surface area contributed by atoms with Crippen molar-refractivity contribution >= 4 is 0 Å². The molecule has 98 valence electrons.